The number of benzene rings is 2. The number of esters is 1. The molecule has 208 valence electrons. The zero-order chi connectivity index (χ0) is 28.6. The first-order chi connectivity index (χ1) is 19.3. The lowest BCUT2D eigenvalue weighted by atomic mass is 10.2. The molecular formula is C29H28ClN3O7. The maximum Gasteiger partial charge on any atom is 0.343 e. The third-order valence-electron chi connectivity index (χ3n) is 5.83. The van der Waals surface area contributed by atoms with Crippen LogP contribution in [0.3, 0.4) is 0 Å². The number of carbonyl (C=O) groups excluding carboxylic acids is 2. The van der Waals surface area contributed by atoms with E-state index < -0.39 is 11.9 Å². The first-order valence-electron chi connectivity index (χ1n) is 12.2. The fourth-order valence-corrected chi connectivity index (χ4v) is 4.11. The van der Waals surface area contributed by atoms with Crippen LogP contribution in [0.15, 0.2) is 70.2 Å². The van der Waals surface area contributed by atoms with Crippen molar-refractivity contribution in [2.45, 2.75) is 20.5 Å². The maximum absolute atomic E-state index is 12.6. The molecule has 11 heteroatoms. The molecule has 4 rings (SSSR count). The molecule has 4 aromatic rings. The fourth-order valence-electron chi connectivity index (χ4n) is 3.90. The largest absolute Gasteiger partial charge is 0.493 e. The second-order valence-corrected chi connectivity index (χ2v) is 9.03. The normalized spacial score (nSPS) is 10.9. The summed E-state index contributed by atoms with van der Waals surface area (Å²) in [5.41, 5.74) is 6.10. The highest BCUT2D eigenvalue weighted by Crippen LogP contribution is 2.34. The first kappa shape index (κ1) is 28.3. The summed E-state index contributed by atoms with van der Waals surface area (Å²) in [6.45, 7) is 3.90. The number of ether oxygens (including phenoxy) is 4. The Bertz CT molecular complexity index is 1500. The summed E-state index contributed by atoms with van der Waals surface area (Å²) in [5, 5.41) is 4.30. The van der Waals surface area contributed by atoms with E-state index in [1.54, 1.807) is 12.1 Å². The number of carbonyl (C=O) groups is 2. The molecule has 0 aliphatic rings. The van der Waals surface area contributed by atoms with Gasteiger partial charge in [-0.15, -0.1) is 0 Å². The molecule has 0 spiro atoms. The average molecular weight is 566 g/mol. The smallest absolute Gasteiger partial charge is 0.343 e. The first-order valence-corrected chi connectivity index (χ1v) is 12.5. The molecule has 0 saturated heterocycles. The predicted octanol–water partition coefficient (Wildman–Crippen LogP) is 5.24. The van der Waals surface area contributed by atoms with E-state index in [9.17, 15) is 9.59 Å². The van der Waals surface area contributed by atoms with Crippen LogP contribution in [0.4, 0.5) is 0 Å². The van der Waals surface area contributed by atoms with Crippen LogP contribution in [0.2, 0.25) is 5.02 Å². The summed E-state index contributed by atoms with van der Waals surface area (Å²) in [4.78, 5) is 24.1. The minimum absolute atomic E-state index is 0.0514. The Hall–Kier alpha value is -4.70. The molecule has 40 heavy (non-hydrogen) atoms. The van der Waals surface area contributed by atoms with Crippen molar-refractivity contribution in [1.82, 2.24) is 9.99 Å². The summed E-state index contributed by atoms with van der Waals surface area (Å²) >= 11 is 6.14. The van der Waals surface area contributed by atoms with Gasteiger partial charge < -0.3 is 27.9 Å². The van der Waals surface area contributed by atoms with E-state index in [1.165, 1.54) is 32.6 Å². The van der Waals surface area contributed by atoms with Gasteiger partial charge in [-0.25, -0.2) is 10.2 Å². The number of amides is 1. The molecule has 0 aliphatic carbocycles. The number of hydrogen-bond acceptors (Lipinski definition) is 8. The lowest BCUT2D eigenvalue weighted by Crippen LogP contribution is -2.17. The van der Waals surface area contributed by atoms with Crippen molar-refractivity contribution in [3.63, 3.8) is 0 Å². The molecule has 0 radical (unpaired) electrons. The summed E-state index contributed by atoms with van der Waals surface area (Å²) in [6, 6.07) is 18.1. The van der Waals surface area contributed by atoms with E-state index in [0.717, 1.165) is 17.1 Å². The van der Waals surface area contributed by atoms with Gasteiger partial charge in [0.05, 0.1) is 20.4 Å². The van der Waals surface area contributed by atoms with E-state index in [-0.39, 0.29) is 30.5 Å². The van der Waals surface area contributed by atoms with Crippen LogP contribution in [-0.4, -0.2) is 43.5 Å². The highest BCUT2D eigenvalue weighted by molar-refractivity contribution is 6.31. The van der Waals surface area contributed by atoms with E-state index >= 15 is 0 Å². The summed E-state index contributed by atoms with van der Waals surface area (Å²) in [7, 11) is 2.68. The topological polar surface area (TPSA) is 114 Å². The maximum atomic E-state index is 12.6. The van der Waals surface area contributed by atoms with Gasteiger partial charge in [-0.1, -0.05) is 11.6 Å². The zero-order valence-electron chi connectivity index (χ0n) is 22.4. The number of rotatable bonds is 11. The minimum Gasteiger partial charge on any atom is -0.493 e. The van der Waals surface area contributed by atoms with Crippen LogP contribution in [0, 0.1) is 13.8 Å². The highest BCUT2D eigenvalue weighted by atomic mass is 35.5. The molecule has 10 nitrogen and oxygen atoms in total. The molecule has 0 fully saturated rings. The molecule has 0 bridgehead atoms. The van der Waals surface area contributed by atoms with E-state index in [0.29, 0.717) is 22.1 Å². The van der Waals surface area contributed by atoms with Crippen molar-refractivity contribution in [2.75, 3.05) is 20.8 Å². The molecule has 2 aromatic heterocycles. The number of hydrazone groups is 1. The molecule has 2 aromatic carbocycles. The molecule has 1 amide bonds. The molecule has 1 N–H and O–H groups in total. The van der Waals surface area contributed by atoms with Gasteiger partial charge in [0.2, 0.25) is 0 Å². The van der Waals surface area contributed by atoms with Gasteiger partial charge >= 0.3 is 11.9 Å². The molecule has 0 unspecified atom stereocenters. The summed E-state index contributed by atoms with van der Waals surface area (Å²) < 4.78 is 29.0. The molecule has 0 aliphatic heterocycles. The fraction of sp³-hybridized carbons (Fsp3) is 0.207. The Labute approximate surface area is 236 Å². The summed E-state index contributed by atoms with van der Waals surface area (Å²) in [5.74, 6) is 0.522. The quantitative estimate of drug-likeness (QED) is 0.150. The van der Waals surface area contributed by atoms with Gasteiger partial charge in [0.1, 0.15) is 18.1 Å². The monoisotopic (exact) mass is 565 g/mol. The third-order valence-corrected chi connectivity index (χ3v) is 6.05. The van der Waals surface area contributed by atoms with Crippen molar-refractivity contribution in [2.24, 2.45) is 5.10 Å². The number of hydrogen-bond donors (Lipinski definition) is 1. The van der Waals surface area contributed by atoms with Crippen molar-refractivity contribution in [3.8, 4) is 22.9 Å². The summed E-state index contributed by atoms with van der Waals surface area (Å²) in [6.07, 6.45) is 1.31. The number of methoxy groups -OCH3 is 2. The van der Waals surface area contributed by atoms with Gasteiger partial charge in [-0.3, -0.25) is 4.79 Å². The van der Waals surface area contributed by atoms with Gasteiger partial charge in [0.25, 0.3) is 0 Å². The Morgan fingerprint density at radius 1 is 1.00 bits per heavy atom. The SMILES string of the molecule is COC(=O)COc1c(C=NNC(=O)c2ccc(COc3ccc(-n4c(C)ccc4C)cc3)o2)cc(Cl)cc1OC. The van der Waals surface area contributed by atoms with Crippen molar-refractivity contribution in [3.05, 3.63) is 94.2 Å². The van der Waals surface area contributed by atoms with E-state index in [1.807, 2.05) is 24.3 Å². The van der Waals surface area contributed by atoms with E-state index in [4.69, 9.17) is 30.2 Å². The average Bonchev–Trinajstić information content (AvgIpc) is 3.57. The van der Waals surface area contributed by atoms with Crippen LogP contribution in [0.1, 0.15) is 33.3 Å². The molecule has 2 heterocycles. The Balaban J connectivity index is 1.35. The number of aromatic nitrogens is 1. The van der Waals surface area contributed by atoms with Gasteiger partial charge in [0.15, 0.2) is 23.9 Å². The molecular weight excluding hydrogens is 538 g/mol. The second-order valence-electron chi connectivity index (χ2n) is 8.59. The van der Waals surface area contributed by atoms with Gasteiger partial charge in [-0.2, -0.15) is 5.10 Å². The Kier molecular flexibility index (Phi) is 9.13. The van der Waals surface area contributed by atoms with Crippen LogP contribution in [0.5, 0.6) is 17.2 Å². The number of nitrogens with zero attached hydrogens (tertiary/aromatic N) is 2. The number of nitrogens with one attached hydrogen (secondary N) is 1. The van der Waals surface area contributed by atoms with Crippen molar-refractivity contribution < 1.29 is 33.0 Å². The zero-order valence-corrected chi connectivity index (χ0v) is 23.2. The van der Waals surface area contributed by atoms with Crippen LogP contribution < -0.4 is 19.6 Å². The molecule has 0 saturated carbocycles. The van der Waals surface area contributed by atoms with Gasteiger partial charge in [0, 0.05) is 33.7 Å². The highest BCUT2D eigenvalue weighted by Gasteiger charge is 2.15. The van der Waals surface area contributed by atoms with Crippen molar-refractivity contribution in [1.29, 1.82) is 0 Å². The lowest BCUT2D eigenvalue weighted by molar-refractivity contribution is -0.142. The Morgan fingerprint density at radius 3 is 2.40 bits per heavy atom. The minimum atomic E-state index is -0.579. The van der Waals surface area contributed by atoms with E-state index in [2.05, 4.69) is 45.8 Å². The van der Waals surface area contributed by atoms with Crippen LogP contribution in [-0.2, 0) is 16.1 Å². The number of halogens is 1. The van der Waals surface area contributed by atoms with Crippen LogP contribution in [0.25, 0.3) is 5.69 Å². The lowest BCUT2D eigenvalue weighted by Gasteiger charge is -2.13. The second kappa shape index (κ2) is 12.9. The van der Waals surface area contributed by atoms with Gasteiger partial charge in [-0.05, 0) is 68.4 Å². The molecule has 0 atom stereocenters. The third kappa shape index (κ3) is 6.83. The predicted molar refractivity (Wildman–Crippen MR) is 149 cm³/mol. The Morgan fingerprint density at radius 2 is 1.73 bits per heavy atom. The van der Waals surface area contributed by atoms with Crippen molar-refractivity contribution >= 4 is 29.7 Å². The number of furan rings is 1. The standard InChI is InChI=1S/C29H28ClN3O7/c1-18-5-6-19(2)33(18)22-7-9-23(10-8-22)38-16-24-11-12-25(40-24)29(35)32-31-15-20-13-21(30)14-26(36-3)28(20)39-17-27(34)37-4/h5-15H,16-17H2,1-4H3,(H,32,35). The van der Waals surface area contributed by atoms with Crippen LogP contribution >= 0.6 is 11.6 Å². The number of aryl methyl sites for hydroxylation is 2.